The van der Waals surface area contributed by atoms with Crippen LogP contribution < -0.4 is 5.73 Å². The second-order valence-electron chi connectivity index (χ2n) is 4.17. The molecule has 0 bridgehead atoms. The van der Waals surface area contributed by atoms with Gasteiger partial charge in [-0.2, -0.15) is 0 Å². The van der Waals surface area contributed by atoms with Gasteiger partial charge in [0.15, 0.2) is 0 Å². The Morgan fingerprint density at radius 1 is 1.38 bits per heavy atom. The summed E-state index contributed by atoms with van der Waals surface area (Å²) < 4.78 is 0. The quantitative estimate of drug-likeness (QED) is 0.898. The Hall–Kier alpha value is -0.250. The van der Waals surface area contributed by atoms with Crippen molar-refractivity contribution < 1.29 is 0 Å². The molecule has 0 aliphatic heterocycles. The van der Waals surface area contributed by atoms with Crippen LogP contribution in [0, 0.1) is 0 Å². The first-order valence-electron chi connectivity index (χ1n) is 5.81. The maximum atomic E-state index is 6.26. The van der Waals surface area contributed by atoms with Gasteiger partial charge in [-0.3, -0.25) is 0 Å². The van der Waals surface area contributed by atoms with Crippen molar-refractivity contribution in [2.75, 3.05) is 0 Å². The van der Waals surface area contributed by atoms with Crippen molar-refractivity contribution in [2.24, 2.45) is 5.73 Å². The third-order valence-electron chi connectivity index (χ3n) is 2.99. The molecule has 2 N–H and O–H groups in total. The number of hydrogen-bond acceptors (Lipinski definition) is 3. The van der Waals surface area contributed by atoms with E-state index in [0.29, 0.717) is 11.8 Å². The van der Waals surface area contributed by atoms with E-state index >= 15 is 0 Å². The lowest BCUT2D eigenvalue weighted by Gasteiger charge is -2.21. The van der Waals surface area contributed by atoms with Crippen molar-refractivity contribution in [1.29, 1.82) is 0 Å². The van der Waals surface area contributed by atoms with Crippen molar-refractivity contribution in [3.8, 4) is 0 Å². The zero-order valence-electron chi connectivity index (χ0n) is 9.29. The minimum absolute atomic E-state index is 0.486. The average molecular weight is 257 g/mol. The summed E-state index contributed by atoms with van der Waals surface area (Å²) in [6.07, 6.45) is 8.43. The van der Waals surface area contributed by atoms with Crippen LogP contribution in [0.5, 0.6) is 0 Å². The second kappa shape index (κ2) is 5.89. The molecule has 0 atom stereocenters. The van der Waals surface area contributed by atoms with Crippen molar-refractivity contribution in [3.63, 3.8) is 0 Å². The zero-order chi connectivity index (χ0) is 11.4. The number of thioether (sulfide) groups is 1. The van der Waals surface area contributed by atoms with Gasteiger partial charge in [-0.25, -0.2) is 4.98 Å². The Morgan fingerprint density at radius 2 is 2.12 bits per heavy atom. The van der Waals surface area contributed by atoms with Crippen LogP contribution in [0.15, 0.2) is 17.3 Å². The van der Waals surface area contributed by atoms with Crippen LogP contribution in [0.4, 0.5) is 0 Å². The lowest BCUT2D eigenvalue weighted by atomic mass is 10.0. The normalized spacial score (nSPS) is 17.6. The Kier molecular flexibility index (Phi) is 4.50. The number of aromatic nitrogens is 1. The molecule has 88 valence electrons. The van der Waals surface area contributed by atoms with Crippen LogP contribution in [0.25, 0.3) is 0 Å². The number of nitrogens with zero attached hydrogens (tertiary/aromatic N) is 1. The molecule has 1 aromatic heterocycles. The molecule has 1 fully saturated rings. The number of pyridine rings is 1. The highest BCUT2D eigenvalue weighted by molar-refractivity contribution is 8.00. The number of rotatable bonds is 3. The molecule has 0 radical (unpaired) electrons. The fraction of sp³-hybridized carbons (Fsp3) is 0.583. The molecule has 0 amide bonds. The van der Waals surface area contributed by atoms with Gasteiger partial charge in [0.1, 0.15) is 5.03 Å². The highest BCUT2D eigenvalue weighted by atomic mass is 35.5. The van der Waals surface area contributed by atoms with Gasteiger partial charge in [0, 0.05) is 18.0 Å². The van der Waals surface area contributed by atoms with Gasteiger partial charge in [-0.1, -0.05) is 30.9 Å². The molecule has 0 spiro atoms. The highest BCUT2D eigenvalue weighted by Crippen LogP contribution is 2.36. The van der Waals surface area contributed by atoms with E-state index in [1.54, 1.807) is 6.20 Å². The molecule has 1 aliphatic rings. The van der Waals surface area contributed by atoms with Crippen molar-refractivity contribution in [1.82, 2.24) is 4.98 Å². The molecule has 1 aliphatic carbocycles. The first-order valence-corrected chi connectivity index (χ1v) is 7.07. The average Bonchev–Trinajstić information content (AvgIpc) is 2.33. The number of halogens is 1. The minimum Gasteiger partial charge on any atom is -0.326 e. The maximum Gasteiger partial charge on any atom is 0.115 e. The molecule has 1 saturated carbocycles. The molecular weight excluding hydrogens is 240 g/mol. The molecule has 2 nitrogen and oxygen atoms in total. The number of hydrogen-bond donors (Lipinski definition) is 1. The summed E-state index contributed by atoms with van der Waals surface area (Å²) in [4.78, 5) is 4.36. The second-order valence-corrected chi connectivity index (χ2v) is 5.84. The molecule has 0 unspecified atom stereocenters. The Labute approximate surface area is 106 Å². The fourth-order valence-corrected chi connectivity index (χ4v) is 3.61. The molecule has 4 heteroatoms. The van der Waals surface area contributed by atoms with Crippen LogP contribution in [0.2, 0.25) is 5.02 Å². The van der Waals surface area contributed by atoms with Gasteiger partial charge < -0.3 is 5.73 Å². The van der Waals surface area contributed by atoms with Gasteiger partial charge in [-0.15, -0.1) is 11.8 Å². The highest BCUT2D eigenvalue weighted by Gasteiger charge is 2.17. The summed E-state index contributed by atoms with van der Waals surface area (Å²) in [5.41, 5.74) is 6.63. The topological polar surface area (TPSA) is 38.9 Å². The largest absolute Gasteiger partial charge is 0.326 e. The van der Waals surface area contributed by atoms with Gasteiger partial charge in [0.05, 0.1) is 5.02 Å². The van der Waals surface area contributed by atoms with E-state index in [9.17, 15) is 0 Å². The minimum atomic E-state index is 0.486. The molecule has 0 aromatic carbocycles. The molecule has 0 saturated heterocycles. The van der Waals surface area contributed by atoms with Crippen LogP contribution in [0.1, 0.15) is 37.7 Å². The SMILES string of the molecule is NCc1ccnc(SC2CCCCC2)c1Cl. The van der Waals surface area contributed by atoms with Crippen LogP contribution in [-0.2, 0) is 6.54 Å². The monoisotopic (exact) mass is 256 g/mol. The van der Waals surface area contributed by atoms with E-state index in [-0.39, 0.29) is 0 Å². The van der Waals surface area contributed by atoms with E-state index < -0.39 is 0 Å². The summed E-state index contributed by atoms with van der Waals surface area (Å²) in [6.45, 7) is 0.486. The van der Waals surface area contributed by atoms with E-state index in [4.69, 9.17) is 17.3 Å². The zero-order valence-corrected chi connectivity index (χ0v) is 10.9. The van der Waals surface area contributed by atoms with Gasteiger partial charge in [-0.05, 0) is 24.5 Å². The van der Waals surface area contributed by atoms with Crippen LogP contribution in [0.3, 0.4) is 0 Å². The first-order chi connectivity index (χ1) is 7.81. The molecule has 16 heavy (non-hydrogen) atoms. The predicted molar refractivity (Wildman–Crippen MR) is 69.9 cm³/mol. The van der Waals surface area contributed by atoms with E-state index in [1.807, 2.05) is 17.8 Å². The fourth-order valence-electron chi connectivity index (χ4n) is 2.04. The molecule has 1 aromatic rings. The summed E-state index contributed by atoms with van der Waals surface area (Å²) in [5.74, 6) is 0. The molecular formula is C12H17ClN2S. The predicted octanol–water partition coefficient (Wildman–Crippen LogP) is 3.62. The smallest absolute Gasteiger partial charge is 0.115 e. The van der Waals surface area contributed by atoms with E-state index in [1.165, 1.54) is 32.1 Å². The third-order valence-corrected chi connectivity index (χ3v) is 4.86. The maximum absolute atomic E-state index is 6.26. The summed E-state index contributed by atoms with van der Waals surface area (Å²) in [7, 11) is 0. The van der Waals surface area contributed by atoms with Crippen molar-refractivity contribution >= 4 is 23.4 Å². The van der Waals surface area contributed by atoms with Gasteiger partial charge in [0.25, 0.3) is 0 Å². The lowest BCUT2D eigenvalue weighted by molar-refractivity contribution is 0.515. The van der Waals surface area contributed by atoms with Gasteiger partial charge >= 0.3 is 0 Å². The van der Waals surface area contributed by atoms with E-state index in [2.05, 4.69) is 4.98 Å². The third kappa shape index (κ3) is 2.90. The Morgan fingerprint density at radius 3 is 2.81 bits per heavy atom. The molecule has 2 rings (SSSR count). The first kappa shape index (κ1) is 12.2. The Bertz CT molecular complexity index is 351. The summed E-state index contributed by atoms with van der Waals surface area (Å²) in [6, 6.07) is 1.90. The van der Waals surface area contributed by atoms with E-state index in [0.717, 1.165) is 15.6 Å². The number of nitrogens with two attached hydrogens (primary N) is 1. The van der Waals surface area contributed by atoms with Crippen LogP contribution in [-0.4, -0.2) is 10.2 Å². The van der Waals surface area contributed by atoms with Crippen molar-refractivity contribution in [3.05, 3.63) is 22.8 Å². The standard InChI is InChI=1S/C12H17ClN2S/c13-11-9(8-14)6-7-15-12(11)16-10-4-2-1-3-5-10/h6-7,10H,1-5,8,14H2. The van der Waals surface area contributed by atoms with Crippen molar-refractivity contribution in [2.45, 2.75) is 48.9 Å². The lowest BCUT2D eigenvalue weighted by Crippen LogP contribution is -2.08. The molecule has 1 heterocycles. The summed E-state index contributed by atoms with van der Waals surface area (Å²) in [5, 5.41) is 2.39. The van der Waals surface area contributed by atoms with Crippen LogP contribution >= 0.6 is 23.4 Å². The van der Waals surface area contributed by atoms with Gasteiger partial charge in [0.2, 0.25) is 0 Å². The summed E-state index contributed by atoms with van der Waals surface area (Å²) >= 11 is 8.09. The Balaban J connectivity index is 2.08.